The van der Waals surface area contributed by atoms with Gasteiger partial charge in [0, 0.05) is 19.5 Å². The monoisotopic (exact) mass is 281 g/mol. The van der Waals surface area contributed by atoms with Gasteiger partial charge >= 0.3 is 0 Å². The van der Waals surface area contributed by atoms with Crippen LogP contribution in [0.4, 0.5) is 0 Å². The molecule has 2 rings (SSSR count). The van der Waals surface area contributed by atoms with Gasteiger partial charge in [0.2, 0.25) is 5.91 Å². The number of fused-ring (bicyclic) bond motifs is 1. The molecular formula is C12H19N5OS. The van der Waals surface area contributed by atoms with Crippen molar-refractivity contribution in [1.29, 1.82) is 0 Å². The highest BCUT2D eigenvalue weighted by molar-refractivity contribution is 7.71. The van der Waals surface area contributed by atoms with Crippen LogP contribution in [0, 0.1) is 11.7 Å². The SMILES string of the molecule is CCn1nc(C)c2[nH]c(=S)n(CCCCC(N)=O)c21. The number of nitrogens with two attached hydrogens (primary N) is 1. The zero-order valence-corrected chi connectivity index (χ0v) is 12.1. The lowest BCUT2D eigenvalue weighted by atomic mass is 10.2. The minimum Gasteiger partial charge on any atom is -0.370 e. The molecule has 0 atom stereocenters. The van der Waals surface area contributed by atoms with E-state index in [2.05, 4.69) is 21.6 Å². The van der Waals surface area contributed by atoms with Gasteiger partial charge in [-0.15, -0.1) is 0 Å². The summed E-state index contributed by atoms with van der Waals surface area (Å²) in [5, 5.41) is 4.47. The lowest BCUT2D eigenvalue weighted by Crippen LogP contribution is -2.10. The number of unbranched alkanes of at least 4 members (excludes halogenated alkanes) is 1. The summed E-state index contributed by atoms with van der Waals surface area (Å²) in [6.07, 6.45) is 2.08. The molecule has 0 radical (unpaired) electrons. The quantitative estimate of drug-likeness (QED) is 0.626. The van der Waals surface area contributed by atoms with Crippen LogP contribution in [0.5, 0.6) is 0 Å². The Kier molecular flexibility index (Phi) is 4.04. The summed E-state index contributed by atoms with van der Waals surface area (Å²) in [5.74, 6) is -0.253. The highest BCUT2D eigenvalue weighted by atomic mass is 32.1. The van der Waals surface area contributed by atoms with Crippen molar-refractivity contribution >= 4 is 29.3 Å². The van der Waals surface area contributed by atoms with Crippen LogP contribution >= 0.6 is 12.2 Å². The standard InChI is InChI=1S/C12H19N5OS/c1-3-17-11-10(8(2)15-17)14-12(19)16(11)7-5-4-6-9(13)18/h3-7H2,1-2H3,(H2,13,18)(H,14,19). The number of aryl methyl sites for hydroxylation is 3. The molecule has 19 heavy (non-hydrogen) atoms. The van der Waals surface area contributed by atoms with Crippen LogP contribution in [0.1, 0.15) is 31.9 Å². The van der Waals surface area contributed by atoms with E-state index in [0.717, 1.165) is 42.8 Å². The van der Waals surface area contributed by atoms with E-state index in [1.807, 2.05) is 11.6 Å². The molecule has 0 fully saturated rings. The first-order valence-corrected chi connectivity index (χ1v) is 6.89. The highest BCUT2D eigenvalue weighted by Gasteiger charge is 2.13. The van der Waals surface area contributed by atoms with Gasteiger partial charge in [-0.05, 0) is 38.9 Å². The van der Waals surface area contributed by atoms with Gasteiger partial charge in [-0.3, -0.25) is 4.79 Å². The highest BCUT2D eigenvalue weighted by Crippen LogP contribution is 2.18. The Hall–Kier alpha value is -1.63. The lowest BCUT2D eigenvalue weighted by molar-refractivity contribution is -0.118. The average molecular weight is 281 g/mol. The molecule has 104 valence electrons. The van der Waals surface area contributed by atoms with Crippen molar-refractivity contribution in [3.05, 3.63) is 10.5 Å². The van der Waals surface area contributed by atoms with E-state index in [0.29, 0.717) is 11.2 Å². The van der Waals surface area contributed by atoms with E-state index >= 15 is 0 Å². The summed E-state index contributed by atoms with van der Waals surface area (Å²) in [4.78, 5) is 13.9. The third-order valence-corrected chi connectivity index (χ3v) is 3.51. The summed E-state index contributed by atoms with van der Waals surface area (Å²) in [7, 11) is 0. The lowest BCUT2D eigenvalue weighted by Gasteiger charge is -2.05. The number of imidazole rings is 1. The molecule has 0 aliphatic rings. The van der Waals surface area contributed by atoms with E-state index < -0.39 is 0 Å². The minimum absolute atomic E-state index is 0.253. The summed E-state index contributed by atoms with van der Waals surface area (Å²) in [5.41, 5.74) is 8.13. The van der Waals surface area contributed by atoms with Gasteiger partial charge in [0.05, 0.1) is 5.69 Å². The number of nitrogens with one attached hydrogen (secondary N) is 1. The smallest absolute Gasteiger partial charge is 0.217 e. The van der Waals surface area contributed by atoms with Crippen molar-refractivity contribution in [2.75, 3.05) is 0 Å². The molecule has 0 saturated carbocycles. The molecular weight excluding hydrogens is 262 g/mol. The van der Waals surface area contributed by atoms with Crippen molar-refractivity contribution in [2.45, 2.75) is 46.2 Å². The van der Waals surface area contributed by atoms with Gasteiger partial charge in [0.15, 0.2) is 10.4 Å². The van der Waals surface area contributed by atoms with E-state index in [1.54, 1.807) is 0 Å². The third-order valence-electron chi connectivity index (χ3n) is 3.19. The number of aromatic nitrogens is 4. The number of H-pyrrole nitrogens is 1. The van der Waals surface area contributed by atoms with Crippen molar-refractivity contribution in [3.63, 3.8) is 0 Å². The second-order valence-electron chi connectivity index (χ2n) is 4.60. The number of carbonyl (C=O) groups excluding carboxylic acids is 1. The molecule has 6 nitrogen and oxygen atoms in total. The number of rotatable bonds is 6. The first kappa shape index (κ1) is 13.8. The molecule has 0 aliphatic carbocycles. The Morgan fingerprint density at radius 1 is 1.47 bits per heavy atom. The normalized spacial score (nSPS) is 11.3. The van der Waals surface area contributed by atoms with Gasteiger partial charge < -0.3 is 15.3 Å². The summed E-state index contributed by atoms with van der Waals surface area (Å²) >= 11 is 5.35. The molecule has 2 aromatic rings. The Morgan fingerprint density at radius 2 is 2.21 bits per heavy atom. The third kappa shape index (κ3) is 2.70. The van der Waals surface area contributed by atoms with Crippen LogP contribution in [0.25, 0.3) is 11.2 Å². The summed E-state index contributed by atoms with van der Waals surface area (Å²) < 4.78 is 4.71. The molecule has 0 spiro atoms. The Bertz CT molecular complexity index is 651. The molecule has 0 unspecified atom stereocenters. The summed E-state index contributed by atoms with van der Waals surface area (Å²) in [6, 6.07) is 0. The van der Waals surface area contributed by atoms with Gasteiger partial charge in [0.25, 0.3) is 0 Å². The van der Waals surface area contributed by atoms with E-state index in [9.17, 15) is 4.79 Å². The summed E-state index contributed by atoms with van der Waals surface area (Å²) in [6.45, 7) is 5.60. The largest absolute Gasteiger partial charge is 0.370 e. The molecule has 0 bridgehead atoms. The van der Waals surface area contributed by atoms with Gasteiger partial charge in [-0.1, -0.05) is 0 Å². The van der Waals surface area contributed by atoms with Crippen LogP contribution in [0.2, 0.25) is 0 Å². The van der Waals surface area contributed by atoms with E-state index in [1.165, 1.54) is 0 Å². The van der Waals surface area contributed by atoms with Crippen molar-refractivity contribution in [2.24, 2.45) is 5.73 Å². The average Bonchev–Trinajstić information content (AvgIpc) is 2.83. The van der Waals surface area contributed by atoms with Crippen LogP contribution in [0.3, 0.4) is 0 Å². The first-order chi connectivity index (χ1) is 9.04. The number of nitrogens with zero attached hydrogens (tertiary/aromatic N) is 3. The Balaban J connectivity index is 2.24. The molecule has 0 aliphatic heterocycles. The number of hydrogen-bond donors (Lipinski definition) is 2. The van der Waals surface area contributed by atoms with Crippen LogP contribution in [0.15, 0.2) is 0 Å². The maximum atomic E-state index is 10.7. The Morgan fingerprint density at radius 3 is 2.84 bits per heavy atom. The van der Waals surface area contributed by atoms with Gasteiger partial charge in [-0.2, -0.15) is 5.10 Å². The minimum atomic E-state index is -0.253. The topological polar surface area (TPSA) is 81.6 Å². The van der Waals surface area contributed by atoms with Crippen LogP contribution < -0.4 is 5.73 Å². The first-order valence-electron chi connectivity index (χ1n) is 6.48. The zero-order valence-electron chi connectivity index (χ0n) is 11.3. The molecule has 1 amide bonds. The fourth-order valence-electron chi connectivity index (χ4n) is 2.26. The van der Waals surface area contributed by atoms with Gasteiger partial charge in [-0.25, -0.2) is 4.68 Å². The second kappa shape index (κ2) is 5.56. The number of carbonyl (C=O) groups is 1. The number of amides is 1. The zero-order chi connectivity index (χ0) is 14.0. The Labute approximate surface area is 116 Å². The predicted molar refractivity (Wildman–Crippen MR) is 76.4 cm³/mol. The van der Waals surface area contributed by atoms with Crippen LogP contribution in [-0.2, 0) is 17.9 Å². The molecule has 2 aromatic heterocycles. The number of hydrogen-bond acceptors (Lipinski definition) is 3. The molecule has 3 N–H and O–H groups in total. The van der Waals surface area contributed by atoms with Crippen molar-refractivity contribution in [1.82, 2.24) is 19.3 Å². The molecule has 0 saturated heterocycles. The second-order valence-corrected chi connectivity index (χ2v) is 4.99. The van der Waals surface area contributed by atoms with Crippen molar-refractivity contribution < 1.29 is 4.79 Å². The van der Waals surface area contributed by atoms with Gasteiger partial charge in [0.1, 0.15) is 5.52 Å². The van der Waals surface area contributed by atoms with Crippen LogP contribution in [-0.4, -0.2) is 25.2 Å². The fraction of sp³-hybridized carbons (Fsp3) is 0.583. The maximum Gasteiger partial charge on any atom is 0.217 e. The maximum absolute atomic E-state index is 10.7. The van der Waals surface area contributed by atoms with E-state index in [4.69, 9.17) is 18.0 Å². The number of aromatic amines is 1. The molecule has 0 aromatic carbocycles. The fourth-order valence-corrected chi connectivity index (χ4v) is 2.54. The number of primary amides is 1. The predicted octanol–water partition coefficient (Wildman–Crippen LogP) is 1.88. The van der Waals surface area contributed by atoms with E-state index in [-0.39, 0.29) is 5.91 Å². The molecule has 7 heteroatoms. The van der Waals surface area contributed by atoms with Crippen molar-refractivity contribution in [3.8, 4) is 0 Å². The molecule has 2 heterocycles.